The van der Waals surface area contributed by atoms with Crippen molar-refractivity contribution in [2.75, 3.05) is 32.7 Å². The molecular weight excluding hydrogens is 318 g/mol. The molecule has 0 saturated carbocycles. The molecule has 0 aliphatic carbocycles. The Morgan fingerprint density at radius 1 is 1.26 bits per heavy atom. The molecule has 1 heterocycles. The summed E-state index contributed by atoms with van der Waals surface area (Å²) in [6, 6.07) is 5.20. The molecule has 1 aliphatic rings. The average Bonchev–Trinajstić information content (AvgIpc) is 2.53. The fraction of sp³-hybridized carbons (Fsp3) is 0.467. The summed E-state index contributed by atoms with van der Waals surface area (Å²) < 4.78 is 26.6. The number of sulfonamides is 1. The van der Waals surface area contributed by atoms with E-state index >= 15 is 0 Å². The molecule has 1 fully saturated rings. The van der Waals surface area contributed by atoms with Crippen molar-refractivity contribution in [1.29, 1.82) is 0 Å². The number of nitro benzene ring substituents is 1. The number of piperazine rings is 1. The summed E-state index contributed by atoms with van der Waals surface area (Å²) in [6.07, 6.45) is 2.12. The second-order valence-corrected chi connectivity index (χ2v) is 7.68. The third-order valence-corrected chi connectivity index (χ3v) is 5.65. The van der Waals surface area contributed by atoms with Crippen LogP contribution in [0.2, 0.25) is 0 Å². The number of rotatable bonds is 5. The Balaban J connectivity index is 2.09. The third-order valence-electron chi connectivity index (χ3n) is 3.76. The monoisotopic (exact) mass is 339 g/mol. The Morgan fingerprint density at radius 2 is 1.91 bits per heavy atom. The lowest BCUT2D eigenvalue weighted by Gasteiger charge is -2.33. The first kappa shape index (κ1) is 17.6. The summed E-state index contributed by atoms with van der Waals surface area (Å²) in [5.41, 5.74) is 1.02. The van der Waals surface area contributed by atoms with E-state index in [2.05, 4.69) is 11.0 Å². The summed E-state index contributed by atoms with van der Waals surface area (Å²) in [4.78, 5) is 12.4. The molecular formula is C15H21N3O4S. The number of allylic oxidation sites excluding steroid dienone is 1. The molecule has 8 heteroatoms. The van der Waals surface area contributed by atoms with Gasteiger partial charge in [-0.15, -0.1) is 0 Å². The van der Waals surface area contributed by atoms with Crippen molar-refractivity contribution in [3.8, 4) is 0 Å². The lowest BCUT2D eigenvalue weighted by atomic mass is 10.3. The highest BCUT2D eigenvalue weighted by Gasteiger charge is 2.29. The van der Waals surface area contributed by atoms with E-state index in [4.69, 9.17) is 0 Å². The number of hydrogen-bond acceptors (Lipinski definition) is 5. The zero-order valence-corrected chi connectivity index (χ0v) is 14.1. The number of benzene rings is 1. The summed E-state index contributed by atoms with van der Waals surface area (Å²) in [5.74, 6) is 0. The van der Waals surface area contributed by atoms with E-state index in [9.17, 15) is 18.5 Å². The molecule has 1 aromatic rings. The van der Waals surface area contributed by atoms with Gasteiger partial charge < -0.3 is 0 Å². The van der Waals surface area contributed by atoms with Crippen LogP contribution in [0.25, 0.3) is 0 Å². The molecule has 1 saturated heterocycles. The third kappa shape index (κ3) is 4.37. The number of hydrogen-bond donors (Lipinski definition) is 0. The highest BCUT2D eigenvalue weighted by atomic mass is 32.2. The minimum atomic E-state index is -3.69. The van der Waals surface area contributed by atoms with Crippen LogP contribution in [0.15, 0.2) is 40.8 Å². The molecule has 2 rings (SSSR count). The van der Waals surface area contributed by atoms with Crippen LogP contribution in [0.1, 0.15) is 13.8 Å². The van der Waals surface area contributed by atoms with Crippen molar-refractivity contribution in [1.82, 2.24) is 9.21 Å². The maximum Gasteiger partial charge on any atom is 0.270 e. The minimum absolute atomic E-state index is 0.0237. The first-order chi connectivity index (χ1) is 10.8. The van der Waals surface area contributed by atoms with Crippen molar-refractivity contribution in [2.45, 2.75) is 18.7 Å². The molecule has 23 heavy (non-hydrogen) atoms. The first-order valence-electron chi connectivity index (χ1n) is 7.41. The van der Waals surface area contributed by atoms with Crippen LogP contribution < -0.4 is 0 Å². The van der Waals surface area contributed by atoms with Crippen LogP contribution in [0, 0.1) is 10.1 Å². The van der Waals surface area contributed by atoms with Gasteiger partial charge in [-0.1, -0.05) is 17.7 Å². The second-order valence-electron chi connectivity index (χ2n) is 5.74. The van der Waals surface area contributed by atoms with Crippen molar-refractivity contribution in [2.24, 2.45) is 0 Å². The molecule has 0 N–H and O–H groups in total. The predicted molar refractivity (Wildman–Crippen MR) is 87.7 cm³/mol. The van der Waals surface area contributed by atoms with Gasteiger partial charge >= 0.3 is 0 Å². The molecule has 0 spiro atoms. The number of nitrogens with zero attached hydrogens (tertiary/aromatic N) is 3. The van der Waals surface area contributed by atoms with Gasteiger partial charge in [0.25, 0.3) is 5.69 Å². The Kier molecular flexibility index (Phi) is 5.51. The molecule has 126 valence electrons. The lowest BCUT2D eigenvalue weighted by Crippen LogP contribution is -2.48. The van der Waals surface area contributed by atoms with E-state index in [1.54, 1.807) is 0 Å². The van der Waals surface area contributed by atoms with E-state index in [-0.39, 0.29) is 10.6 Å². The maximum atomic E-state index is 12.6. The van der Waals surface area contributed by atoms with Gasteiger partial charge in [0.1, 0.15) is 0 Å². The van der Waals surface area contributed by atoms with Crippen LogP contribution >= 0.6 is 0 Å². The zero-order valence-electron chi connectivity index (χ0n) is 13.3. The highest BCUT2D eigenvalue weighted by molar-refractivity contribution is 7.89. The van der Waals surface area contributed by atoms with Crippen LogP contribution in [0.5, 0.6) is 0 Å². The topological polar surface area (TPSA) is 83.8 Å². The van der Waals surface area contributed by atoms with Crippen LogP contribution in [-0.2, 0) is 10.0 Å². The SMILES string of the molecule is CC(C)=CCN1CCN(S(=O)(=O)c2cccc([N+](=O)[O-])c2)CC1. The zero-order chi connectivity index (χ0) is 17.0. The van der Waals surface area contributed by atoms with E-state index in [0.717, 1.165) is 12.6 Å². The van der Waals surface area contributed by atoms with E-state index in [0.29, 0.717) is 26.2 Å². The summed E-state index contributed by atoms with van der Waals surface area (Å²) in [7, 11) is -3.69. The van der Waals surface area contributed by atoms with Gasteiger partial charge in [-0.05, 0) is 19.9 Å². The first-order valence-corrected chi connectivity index (χ1v) is 8.85. The summed E-state index contributed by atoms with van der Waals surface area (Å²) >= 11 is 0. The van der Waals surface area contributed by atoms with Gasteiger partial charge in [-0.3, -0.25) is 15.0 Å². The second kappa shape index (κ2) is 7.20. The van der Waals surface area contributed by atoms with Gasteiger partial charge in [0.05, 0.1) is 9.82 Å². The largest absolute Gasteiger partial charge is 0.297 e. The molecule has 1 aromatic carbocycles. The van der Waals surface area contributed by atoms with E-state index in [1.807, 2.05) is 13.8 Å². The van der Waals surface area contributed by atoms with E-state index < -0.39 is 14.9 Å². The predicted octanol–water partition coefficient (Wildman–Crippen LogP) is 1.87. The number of non-ortho nitro benzene ring substituents is 1. The standard InChI is InChI=1S/C15H21N3O4S/c1-13(2)6-7-16-8-10-17(11-9-16)23(21,22)15-5-3-4-14(12-15)18(19)20/h3-6,12H,7-11H2,1-2H3. The van der Waals surface area contributed by atoms with Gasteiger partial charge in [0, 0.05) is 44.9 Å². The van der Waals surface area contributed by atoms with Crippen LogP contribution in [0.4, 0.5) is 5.69 Å². The molecule has 0 atom stereocenters. The molecule has 7 nitrogen and oxygen atoms in total. The quantitative estimate of drug-likeness (QED) is 0.464. The summed E-state index contributed by atoms with van der Waals surface area (Å²) in [5, 5.41) is 10.8. The summed E-state index contributed by atoms with van der Waals surface area (Å²) in [6.45, 7) is 6.96. The molecule has 0 radical (unpaired) electrons. The fourth-order valence-corrected chi connectivity index (χ4v) is 3.83. The van der Waals surface area contributed by atoms with Crippen molar-refractivity contribution < 1.29 is 13.3 Å². The van der Waals surface area contributed by atoms with E-state index in [1.165, 1.54) is 28.1 Å². The van der Waals surface area contributed by atoms with Crippen molar-refractivity contribution in [3.63, 3.8) is 0 Å². The van der Waals surface area contributed by atoms with Gasteiger partial charge in [-0.2, -0.15) is 4.31 Å². The van der Waals surface area contributed by atoms with Crippen molar-refractivity contribution in [3.05, 3.63) is 46.0 Å². The Labute approximate surface area is 136 Å². The van der Waals surface area contributed by atoms with Crippen LogP contribution in [-0.4, -0.2) is 55.3 Å². The van der Waals surface area contributed by atoms with Gasteiger partial charge in [-0.25, -0.2) is 8.42 Å². The fourth-order valence-electron chi connectivity index (χ4n) is 2.37. The number of nitro groups is 1. The maximum absolute atomic E-state index is 12.6. The highest BCUT2D eigenvalue weighted by Crippen LogP contribution is 2.22. The van der Waals surface area contributed by atoms with Gasteiger partial charge in [0.15, 0.2) is 0 Å². The normalized spacial score (nSPS) is 17.0. The molecule has 0 bridgehead atoms. The van der Waals surface area contributed by atoms with Crippen molar-refractivity contribution >= 4 is 15.7 Å². The average molecular weight is 339 g/mol. The Hall–Kier alpha value is -1.77. The molecule has 1 aliphatic heterocycles. The lowest BCUT2D eigenvalue weighted by molar-refractivity contribution is -0.385. The Bertz CT molecular complexity index is 703. The molecule has 0 unspecified atom stereocenters. The molecule has 0 amide bonds. The minimum Gasteiger partial charge on any atom is -0.297 e. The van der Waals surface area contributed by atoms with Crippen LogP contribution in [0.3, 0.4) is 0 Å². The molecule has 0 aromatic heterocycles. The van der Waals surface area contributed by atoms with Gasteiger partial charge in [0.2, 0.25) is 10.0 Å². The Morgan fingerprint density at radius 3 is 2.48 bits per heavy atom. The smallest absolute Gasteiger partial charge is 0.270 e.